The summed E-state index contributed by atoms with van der Waals surface area (Å²) in [6.45, 7) is 6.11. The van der Waals surface area contributed by atoms with Gasteiger partial charge in [-0.2, -0.15) is 4.31 Å². The van der Waals surface area contributed by atoms with E-state index in [-0.39, 0.29) is 37.7 Å². The molecule has 2 aromatic rings. The smallest absolute Gasteiger partial charge is 0.243 e. The lowest BCUT2D eigenvalue weighted by molar-refractivity contribution is -0.134. The molecule has 0 radical (unpaired) electrons. The van der Waals surface area contributed by atoms with Gasteiger partial charge in [-0.15, -0.1) is 0 Å². The molecule has 2 aromatic carbocycles. The predicted molar refractivity (Wildman–Crippen MR) is 133 cm³/mol. The minimum absolute atomic E-state index is 0.121. The van der Waals surface area contributed by atoms with Crippen LogP contribution in [0.25, 0.3) is 0 Å². The molecule has 9 heteroatoms. The second-order valence-electron chi connectivity index (χ2n) is 8.55. The number of carbonyl (C=O) groups is 2. The predicted octanol–water partition coefficient (Wildman–Crippen LogP) is 2.53. The number of carbonyl (C=O) groups excluding carboxylic acids is 2. The average molecular weight is 487 g/mol. The van der Waals surface area contributed by atoms with Crippen molar-refractivity contribution in [2.75, 3.05) is 44.6 Å². The Bertz CT molecular complexity index is 1080. The van der Waals surface area contributed by atoms with Crippen molar-refractivity contribution in [2.45, 2.75) is 38.0 Å². The normalized spacial score (nSPS) is 14.6. The highest BCUT2D eigenvalue weighted by atomic mass is 32.2. The Morgan fingerprint density at radius 1 is 0.912 bits per heavy atom. The first-order chi connectivity index (χ1) is 16.3. The van der Waals surface area contributed by atoms with E-state index < -0.39 is 10.0 Å². The molecule has 0 aliphatic carbocycles. The van der Waals surface area contributed by atoms with Gasteiger partial charge in [-0.05, 0) is 49.6 Å². The molecule has 184 valence electrons. The van der Waals surface area contributed by atoms with Gasteiger partial charge < -0.3 is 15.5 Å². The first kappa shape index (κ1) is 25.7. The Labute approximate surface area is 202 Å². The molecule has 0 saturated carbocycles. The Kier molecular flexibility index (Phi) is 9.06. The van der Waals surface area contributed by atoms with Crippen LogP contribution in [0.1, 0.15) is 30.4 Å². The van der Waals surface area contributed by atoms with Crippen LogP contribution in [0.2, 0.25) is 0 Å². The maximum atomic E-state index is 13.0. The van der Waals surface area contributed by atoms with Gasteiger partial charge in [0, 0.05) is 57.8 Å². The number of nitrogens with one attached hydrogen (secondary N) is 2. The van der Waals surface area contributed by atoms with E-state index >= 15 is 0 Å². The lowest BCUT2D eigenvalue weighted by Crippen LogP contribution is -2.50. The summed E-state index contributed by atoms with van der Waals surface area (Å²) in [5.41, 5.74) is 2.65. The molecule has 1 saturated heterocycles. The second kappa shape index (κ2) is 12.0. The number of nitrogens with zero attached hydrogens (tertiary/aromatic N) is 2. The van der Waals surface area contributed by atoms with Crippen molar-refractivity contribution in [3.8, 4) is 0 Å². The van der Waals surface area contributed by atoms with Crippen LogP contribution in [0, 0.1) is 13.8 Å². The van der Waals surface area contributed by atoms with Crippen LogP contribution in [-0.4, -0.2) is 68.7 Å². The highest BCUT2D eigenvalue weighted by Gasteiger charge is 2.31. The third-order valence-corrected chi connectivity index (χ3v) is 7.94. The quantitative estimate of drug-likeness (QED) is 0.503. The van der Waals surface area contributed by atoms with Gasteiger partial charge in [0.15, 0.2) is 0 Å². The number of sulfonamides is 1. The van der Waals surface area contributed by atoms with Crippen molar-refractivity contribution in [3.63, 3.8) is 0 Å². The zero-order valence-electron chi connectivity index (χ0n) is 19.9. The van der Waals surface area contributed by atoms with Crippen molar-refractivity contribution in [2.24, 2.45) is 0 Å². The number of benzene rings is 2. The number of aryl methyl sites for hydroxylation is 2. The lowest BCUT2D eigenvalue weighted by atomic mass is 10.2. The highest BCUT2D eigenvalue weighted by Crippen LogP contribution is 2.22. The van der Waals surface area contributed by atoms with Crippen molar-refractivity contribution >= 4 is 27.5 Å². The molecule has 0 spiro atoms. The molecule has 8 nitrogen and oxygen atoms in total. The van der Waals surface area contributed by atoms with Crippen molar-refractivity contribution in [1.29, 1.82) is 0 Å². The van der Waals surface area contributed by atoms with Gasteiger partial charge in [0.2, 0.25) is 21.8 Å². The summed E-state index contributed by atoms with van der Waals surface area (Å²) in [6.07, 6.45) is 1.04. The first-order valence-corrected chi connectivity index (χ1v) is 13.1. The summed E-state index contributed by atoms with van der Waals surface area (Å²) in [4.78, 5) is 26.6. The summed E-state index contributed by atoms with van der Waals surface area (Å²) in [5, 5.41) is 6.13. The number of hydrogen-bond acceptors (Lipinski definition) is 5. The molecular weight excluding hydrogens is 452 g/mol. The molecule has 1 aliphatic heterocycles. The topological polar surface area (TPSA) is 98.8 Å². The fourth-order valence-electron chi connectivity index (χ4n) is 3.87. The number of para-hydroxylation sites is 1. The maximum absolute atomic E-state index is 13.0. The summed E-state index contributed by atoms with van der Waals surface area (Å²) in [7, 11) is -3.60. The van der Waals surface area contributed by atoms with E-state index in [1.54, 1.807) is 17.9 Å². The number of hydrogen-bond donors (Lipinski definition) is 2. The van der Waals surface area contributed by atoms with Crippen LogP contribution in [0.3, 0.4) is 0 Å². The molecule has 34 heavy (non-hydrogen) atoms. The van der Waals surface area contributed by atoms with E-state index in [9.17, 15) is 18.0 Å². The van der Waals surface area contributed by atoms with Crippen LogP contribution < -0.4 is 10.6 Å². The van der Waals surface area contributed by atoms with E-state index in [4.69, 9.17) is 0 Å². The first-order valence-electron chi connectivity index (χ1n) is 11.7. The zero-order valence-corrected chi connectivity index (χ0v) is 20.7. The van der Waals surface area contributed by atoms with Gasteiger partial charge in [-0.3, -0.25) is 9.59 Å². The minimum atomic E-state index is -3.60. The molecule has 2 amide bonds. The number of anilines is 1. The fourth-order valence-corrected chi connectivity index (χ4v) is 5.61. The molecular formula is C25H34N4O4S. The lowest BCUT2D eigenvalue weighted by Gasteiger charge is -2.34. The van der Waals surface area contributed by atoms with Crippen LogP contribution in [0.15, 0.2) is 53.4 Å². The van der Waals surface area contributed by atoms with Gasteiger partial charge in [0.1, 0.15) is 0 Å². The Morgan fingerprint density at radius 2 is 1.62 bits per heavy atom. The molecule has 0 bridgehead atoms. The summed E-state index contributed by atoms with van der Waals surface area (Å²) >= 11 is 0. The van der Waals surface area contributed by atoms with Gasteiger partial charge in [0.05, 0.1) is 4.90 Å². The number of piperazine rings is 1. The van der Waals surface area contributed by atoms with Gasteiger partial charge >= 0.3 is 0 Å². The molecule has 3 rings (SSSR count). The van der Waals surface area contributed by atoms with E-state index in [1.165, 1.54) is 4.31 Å². The zero-order chi connectivity index (χ0) is 24.6. The average Bonchev–Trinajstić information content (AvgIpc) is 2.84. The third kappa shape index (κ3) is 7.04. The molecule has 1 heterocycles. The third-order valence-electron chi connectivity index (χ3n) is 5.90. The van der Waals surface area contributed by atoms with Crippen LogP contribution in [0.5, 0.6) is 0 Å². The fraction of sp³-hybridized carbons (Fsp3) is 0.440. The SMILES string of the molecule is Cc1ccc(C)c(S(=O)(=O)N2CCN(C(=O)CCC(=O)NCCCNc3ccccc3)CC2)c1. The van der Waals surface area contributed by atoms with E-state index in [1.807, 2.05) is 49.4 Å². The number of amides is 2. The van der Waals surface area contributed by atoms with Crippen molar-refractivity contribution in [3.05, 3.63) is 59.7 Å². The molecule has 1 aliphatic rings. The molecule has 0 aromatic heterocycles. The number of rotatable bonds is 10. The van der Waals surface area contributed by atoms with Crippen LogP contribution >= 0.6 is 0 Å². The largest absolute Gasteiger partial charge is 0.385 e. The van der Waals surface area contributed by atoms with Crippen molar-refractivity contribution < 1.29 is 18.0 Å². The van der Waals surface area contributed by atoms with E-state index in [0.717, 1.165) is 24.2 Å². The van der Waals surface area contributed by atoms with E-state index in [2.05, 4.69) is 10.6 Å². The highest BCUT2D eigenvalue weighted by molar-refractivity contribution is 7.89. The maximum Gasteiger partial charge on any atom is 0.243 e. The molecule has 0 unspecified atom stereocenters. The monoisotopic (exact) mass is 486 g/mol. The van der Waals surface area contributed by atoms with Gasteiger partial charge in [-0.25, -0.2) is 8.42 Å². The van der Waals surface area contributed by atoms with Gasteiger partial charge in [-0.1, -0.05) is 30.3 Å². The Hall–Kier alpha value is -2.91. The van der Waals surface area contributed by atoms with Gasteiger partial charge in [0.25, 0.3) is 0 Å². The van der Waals surface area contributed by atoms with E-state index in [0.29, 0.717) is 30.1 Å². The molecule has 0 atom stereocenters. The minimum Gasteiger partial charge on any atom is -0.385 e. The standard InChI is InChI=1S/C25H34N4O4S/c1-20-9-10-21(2)23(19-20)34(32,33)29-17-15-28(16-18-29)25(31)12-11-24(30)27-14-6-13-26-22-7-4-3-5-8-22/h3-5,7-10,19,26H,6,11-18H2,1-2H3,(H,27,30). The van der Waals surface area contributed by atoms with Crippen LogP contribution in [-0.2, 0) is 19.6 Å². The van der Waals surface area contributed by atoms with Crippen molar-refractivity contribution in [1.82, 2.24) is 14.5 Å². The van der Waals surface area contributed by atoms with Crippen LogP contribution in [0.4, 0.5) is 5.69 Å². The Balaban J connectivity index is 1.36. The Morgan fingerprint density at radius 3 is 2.32 bits per heavy atom. The second-order valence-corrected chi connectivity index (χ2v) is 10.5. The molecule has 2 N–H and O–H groups in total. The summed E-state index contributed by atoms with van der Waals surface area (Å²) < 4.78 is 27.5. The molecule has 1 fully saturated rings. The summed E-state index contributed by atoms with van der Waals surface area (Å²) in [5.74, 6) is -0.270. The summed E-state index contributed by atoms with van der Waals surface area (Å²) in [6, 6.07) is 15.3.